The van der Waals surface area contributed by atoms with Crippen LogP contribution in [0.4, 0.5) is 0 Å². The molecule has 0 spiro atoms. The molecule has 0 bridgehead atoms. The number of phosphoric acid groups is 1. The number of ether oxygens (including phenoxy) is 1. The summed E-state index contributed by atoms with van der Waals surface area (Å²) in [6.45, 7) is 2.02. The maximum atomic E-state index is 11.9. The number of phosphoric ester groups is 1. The van der Waals surface area contributed by atoms with Gasteiger partial charge in [-0.15, -0.1) is 0 Å². The van der Waals surface area contributed by atoms with E-state index in [1.54, 1.807) is 0 Å². The highest BCUT2D eigenvalue weighted by Gasteiger charge is 2.24. The van der Waals surface area contributed by atoms with Crippen LogP contribution in [-0.4, -0.2) is 74.1 Å². The van der Waals surface area contributed by atoms with E-state index in [4.69, 9.17) is 13.8 Å². The standard InChI is InChI=1S/C36H66NO7P/c1-5-6-7-8-9-10-11-12-13-14-15-16-17-18-19-20-21-22-23-24-25-26-27-28-29-30-36(39)42-33-35(38)34-44-45(40,41)43-32-31-37(2,3)4/h6-7,9-10,12-13,15-16,35,38H,5,8,11,14,17-34H2,1-4H3/p+1/b7-6-,10-9-,13-12-,16-15-. The molecular formula is C36H67NO7P+. The Morgan fingerprint density at radius 3 is 1.67 bits per heavy atom. The summed E-state index contributed by atoms with van der Waals surface area (Å²) >= 11 is 0. The molecule has 0 rings (SSSR count). The first-order chi connectivity index (χ1) is 21.6. The van der Waals surface area contributed by atoms with E-state index in [-0.39, 0.29) is 19.2 Å². The molecule has 0 aromatic heterocycles. The molecule has 0 aromatic carbocycles. The molecular weight excluding hydrogens is 589 g/mol. The Kier molecular flexibility index (Phi) is 28.8. The second-order valence-electron chi connectivity index (χ2n) is 12.7. The molecule has 0 radical (unpaired) electrons. The van der Waals surface area contributed by atoms with Gasteiger partial charge in [0.25, 0.3) is 0 Å². The highest BCUT2D eigenvalue weighted by Crippen LogP contribution is 2.43. The SMILES string of the molecule is CC/C=C\C/C=C\C/C=C\C/C=C\CCCCCCCCCCCCCCC(=O)OCC(O)COP(=O)(O)OCC[N+](C)(C)C. The van der Waals surface area contributed by atoms with Crippen LogP contribution in [0.1, 0.15) is 122 Å². The number of esters is 1. The molecule has 0 aliphatic carbocycles. The number of aliphatic hydroxyl groups excluding tert-OH is 1. The quantitative estimate of drug-likeness (QED) is 0.0252. The summed E-state index contributed by atoms with van der Waals surface area (Å²) in [5.74, 6) is -0.376. The van der Waals surface area contributed by atoms with Crippen molar-refractivity contribution >= 4 is 13.8 Å². The number of quaternary nitrogens is 1. The van der Waals surface area contributed by atoms with Gasteiger partial charge in [-0.3, -0.25) is 13.8 Å². The molecule has 0 aromatic rings. The van der Waals surface area contributed by atoms with E-state index in [1.165, 1.54) is 64.2 Å². The van der Waals surface area contributed by atoms with Crippen LogP contribution >= 0.6 is 7.82 Å². The number of rotatable bonds is 31. The fourth-order valence-electron chi connectivity index (χ4n) is 4.35. The summed E-state index contributed by atoms with van der Waals surface area (Å²) < 4.78 is 27.2. The summed E-state index contributed by atoms with van der Waals surface area (Å²) in [4.78, 5) is 21.6. The lowest BCUT2D eigenvalue weighted by Crippen LogP contribution is -2.37. The van der Waals surface area contributed by atoms with Crippen molar-refractivity contribution in [2.45, 2.75) is 129 Å². The molecule has 2 unspecified atom stereocenters. The Morgan fingerprint density at radius 2 is 1.16 bits per heavy atom. The zero-order chi connectivity index (χ0) is 33.5. The molecule has 0 fully saturated rings. The van der Waals surface area contributed by atoms with Crippen LogP contribution in [0.25, 0.3) is 0 Å². The predicted molar refractivity (Wildman–Crippen MR) is 187 cm³/mol. The van der Waals surface area contributed by atoms with Gasteiger partial charge in [0.15, 0.2) is 0 Å². The van der Waals surface area contributed by atoms with Crippen molar-refractivity contribution < 1.29 is 37.6 Å². The maximum Gasteiger partial charge on any atom is 0.472 e. The third-order valence-electron chi connectivity index (χ3n) is 7.10. The van der Waals surface area contributed by atoms with Gasteiger partial charge >= 0.3 is 13.8 Å². The molecule has 2 atom stereocenters. The number of allylic oxidation sites excluding steroid dienone is 8. The number of likely N-dealkylation sites (N-methyl/N-ethyl adjacent to an activating group) is 1. The minimum atomic E-state index is -4.25. The average molecular weight is 657 g/mol. The summed E-state index contributed by atoms with van der Waals surface area (Å²) in [6, 6.07) is 0. The van der Waals surface area contributed by atoms with Crippen molar-refractivity contribution in [2.75, 3.05) is 47.5 Å². The highest BCUT2D eigenvalue weighted by molar-refractivity contribution is 7.47. The van der Waals surface area contributed by atoms with Crippen molar-refractivity contribution in [3.63, 3.8) is 0 Å². The van der Waals surface area contributed by atoms with Gasteiger partial charge in [0.2, 0.25) is 0 Å². The monoisotopic (exact) mass is 656 g/mol. The first-order valence-electron chi connectivity index (χ1n) is 17.4. The third kappa shape index (κ3) is 35.2. The van der Waals surface area contributed by atoms with Crippen LogP contribution in [0.15, 0.2) is 48.6 Å². The third-order valence-corrected chi connectivity index (χ3v) is 8.09. The number of carbonyl (C=O) groups excluding carboxylic acids is 1. The van der Waals surface area contributed by atoms with Crippen LogP contribution in [0.3, 0.4) is 0 Å². The van der Waals surface area contributed by atoms with Gasteiger partial charge in [0, 0.05) is 6.42 Å². The first kappa shape index (κ1) is 43.5. The maximum absolute atomic E-state index is 11.9. The number of hydrogen-bond acceptors (Lipinski definition) is 6. The van der Waals surface area contributed by atoms with E-state index in [0.29, 0.717) is 17.4 Å². The summed E-state index contributed by atoms with van der Waals surface area (Å²) in [5.41, 5.74) is 0. The first-order valence-corrected chi connectivity index (χ1v) is 18.9. The van der Waals surface area contributed by atoms with Crippen LogP contribution in [0.2, 0.25) is 0 Å². The summed E-state index contributed by atoms with van der Waals surface area (Å²) in [5, 5.41) is 9.88. The largest absolute Gasteiger partial charge is 0.472 e. The Bertz CT molecular complexity index is 864. The van der Waals surface area contributed by atoms with Gasteiger partial charge in [0.1, 0.15) is 25.9 Å². The van der Waals surface area contributed by atoms with Gasteiger partial charge in [-0.1, -0.05) is 120 Å². The Morgan fingerprint density at radius 1 is 0.689 bits per heavy atom. The smallest absolute Gasteiger partial charge is 0.463 e. The number of hydrogen-bond donors (Lipinski definition) is 2. The van der Waals surface area contributed by atoms with E-state index in [2.05, 4.69) is 55.5 Å². The van der Waals surface area contributed by atoms with E-state index >= 15 is 0 Å². The van der Waals surface area contributed by atoms with Crippen molar-refractivity contribution in [1.82, 2.24) is 0 Å². The number of unbranched alkanes of at least 4 members (excludes halogenated alkanes) is 12. The molecule has 0 aliphatic heterocycles. The molecule has 0 saturated heterocycles. The Balaban J connectivity index is 3.48. The molecule has 262 valence electrons. The Labute approximate surface area is 275 Å². The molecule has 8 nitrogen and oxygen atoms in total. The minimum absolute atomic E-state index is 0.0526. The van der Waals surface area contributed by atoms with Gasteiger partial charge < -0.3 is 19.2 Å². The zero-order valence-corrected chi connectivity index (χ0v) is 30.0. The van der Waals surface area contributed by atoms with Gasteiger partial charge in [0.05, 0.1) is 27.7 Å². The van der Waals surface area contributed by atoms with E-state index in [0.717, 1.165) is 44.9 Å². The molecule has 9 heteroatoms. The number of carbonyl (C=O) groups is 1. The zero-order valence-electron chi connectivity index (χ0n) is 29.1. The molecule has 0 heterocycles. The van der Waals surface area contributed by atoms with Crippen molar-refractivity contribution in [2.24, 2.45) is 0 Å². The molecule has 2 N–H and O–H groups in total. The molecule has 45 heavy (non-hydrogen) atoms. The number of aliphatic hydroxyl groups is 1. The number of nitrogens with zero attached hydrogens (tertiary/aromatic N) is 1. The molecule has 0 saturated carbocycles. The van der Waals surface area contributed by atoms with Crippen molar-refractivity contribution in [3.05, 3.63) is 48.6 Å². The lowest BCUT2D eigenvalue weighted by molar-refractivity contribution is -0.870. The fourth-order valence-corrected chi connectivity index (χ4v) is 5.10. The summed E-state index contributed by atoms with van der Waals surface area (Å²) in [7, 11) is 1.55. The second-order valence-corrected chi connectivity index (χ2v) is 14.2. The van der Waals surface area contributed by atoms with Gasteiger partial charge in [-0.25, -0.2) is 4.57 Å². The lowest BCUT2D eigenvalue weighted by atomic mass is 10.0. The van der Waals surface area contributed by atoms with Gasteiger partial charge in [-0.2, -0.15) is 0 Å². The van der Waals surface area contributed by atoms with E-state index < -0.39 is 20.5 Å². The van der Waals surface area contributed by atoms with E-state index in [9.17, 15) is 19.4 Å². The van der Waals surface area contributed by atoms with Crippen LogP contribution in [0.5, 0.6) is 0 Å². The highest BCUT2D eigenvalue weighted by atomic mass is 31.2. The minimum Gasteiger partial charge on any atom is -0.463 e. The average Bonchev–Trinajstić information content (AvgIpc) is 2.98. The van der Waals surface area contributed by atoms with Crippen molar-refractivity contribution in [3.8, 4) is 0 Å². The van der Waals surface area contributed by atoms with Gasteiger partial charge in [-0.05, 0) is 44.9 Å². The normalized spacial score (nSPS) is 14.7. The molecule has 0 aliphatic rings. The predicted octanol–water partition coefficient (Wildman–Crippen LogP) is 9.00. The second kappa shape index (κ2) is 29.8. The lowest BCUT2D eigenvalue weighted by Gasteiger charge is -2.24. The van der Waals surface area contributed by atoms with Crippen molar-refractivity contribution in [1.29, 1.82) is 0 Å². The molecule has 0 amide bonds. The summed E-state index contributed by atoms with van der Waals surface area (Å²) in [6.07, 6.45) is 37.0. The van der Waals surface area contributed by atoms with E-state index in [1.807, 2.05) is 21.1 Å². The van der Waals surface area contributed by atoms with Crippen LogP contribution in [-0.2, 0) is 23.1 Å². The van der Waals surface area contributed by atoms with Crippen LogP contribution in [0, 0.1) is 0 Å². The van der Waals surface area contributed by atoms with Crippen LogP contribution < -0.4 is 0 Å². The Hall–Kier alpha value is -1.54. The topological polar surface area (TPSA) is 102 Å². The fraction of sp³-hybridized carbons (Fsp3) is 0.750.